The number of rotatable bonds is 4. The van der Waals surface area contributed by atoms with Crippen molar-refractivity contribution in [3.05, 3.63) is 23.8 Å². The highest BCUT2D eigenvalue weighted by Crippen LogP contribution is 2.24. The summed E-state index contributed by atoms with van der Waals surface area (Å²) in [6.07, 6.45) is 6.76. The number of nitrogens with one attached hydrogen (secondary N) is 1. The number of hydrogen-bond acceptors (Lipinski definition) is 3. The lowest BCUT2D eigenvalue weighted by Crippen LogP contribution is -2.24. The van der Waals surface area contributed by atoms with Gasteiger partial charge in [0.2, 0.25) is 0 Å². The third kappa shape index (κ3) is 3.63. The van der Waals surface area contributed by atoms with Crippen LogP contribution in [0.15, 0.2) is 18.2 Å². The first-order chi connectivity index (χ1) is 8.25. The molecule has 1 fully saturated rings. The lowest BCUT2D eigenvalue weighted by molar-refractivity contribution is 0.341. The summed E-state index contributed by atoms with van der Waals surface area (Å²) in [5.74, 6) is 1.07. The van der Waals surface area contributed by atoms with E-state index in [4.69, 9.17) is 0 Å². The molecule has 2 rings (SSSR count). The molecule has 1 saturated carbocycles. The molecule has 1 aliphatic rings. The van der Waals surface area contributed by atoms with Crippen LogP contribution >= 0.6 is 0 Å². The molecule has 0 spiro atoms. The lowest BCUT2D eigenvalue weighted by atomic mass is 9.89. The van der Waals surface area contributed by atoms with E-state index < -0.39 is 0 Å². The van der Waals surface area contributed by atoms with Crippen LogP contribution in [0.1, 0.15) is 37.7 Å². The van der Waals surface area contributed by atoms with E-state index in [2.05, 4.69) is 5.32 Å². The fraction of sp³-hybridized carbons (Fsp3) is 0.571. The minimum atomic E-state index is 0.110. The molecule has 0 aliphatic heterocycles. The zero-order valence-corrected chi connectivity index (χ0v) is 10.2. The average Bonchev–Trinajstić information content (AvgIpc) is 2.33. The lowest BCUT2D eigenvalue weighted by Gasteiger charge is -2.21. The van der Waals surface area contributed by atoms with Crippen LogP contribution < -0.4 is 5.32 Å². The van der Waals surface area contributed by atoms with Crippen molar-refractivity contribution in [1.82, 2.24) is 5.32 Å². The Labute approximate surface area is 102 Å². The van der Waals surface area contributed by atoms with Crippen LogP contribution in [0.2, 0.25) is 0 Å². The van der Waals surface area contributed by atoms with Crippen LogP contribution in [0.5, 0.6) is 11.5 Å². The second-order valence-corrected chi connectivity index (χ2v) is 4.95. The number of phenolic OH excluding ortho intramolecular Hbond substituents is 2. The van der Waals surface area contributed by atoms with Crippen molar-refractivity contribution in [2.24, 2.45) is 5.92 Å². The molecule has 94 valence electrons. The zero-order chi connectivity index (χ0) is 12.1. The molecule has 0 amide bonds. The third-order valence-corrected chi connectivity index (χ3v) is 3.54. The Balaban J connectivity index is 1.77. The highest BCUT2D eigenvalue weighted by Gasteiger charge is 2.12. The Bertz CT molecular complexity index is 359. The van der Waals surface area contributed by atoms with Gasteiger partial charge in [-0.25, -0.2) is 0 Å². The molecule has 17 heavy (non-hydrogen) atoms. The minimum Gasteiger partial charge on any atom is -0.508 e. The summed E-state index contributed by atoms with van der Waals surface area (Å²) in [6.45, 7) is 1.70. The quantitative estimate of drug-likeness (QED) is 0.752. The van der Waals surface area contributed by atoms with Gasteiger partial charge in [-0.05, 0) is 31.4 Å². The highest BCUT2D eigenvalue weighted by atomic mass is 16.3. The molecule has 0 aromatic heterocycles. The molecule has 0 heterocycles. The van der Waals surface area contributed by atoms with Crippen molar-refractivity contribution in [2.75, 3.05) is 6.54 Å². The maximum atomic E-state index is 9.63. The molecule has 0 saturated heterocycles. The largest absolute Gasteiger partial charge is 0.508 e. The monoisotopic (exact) mass is 235 g/mol. The van der Waals surface area contributed by atoms with E-state index in [0.29, 0.717) is 6.54 Å². The first-order valence-corrected chi connectivity index (χ1v) is 6.47. The second kappa shape index (κ2) is 5.92. The zero-order valence-electron chi connectivity index (χ0n) is 10.2. The number of benzene rings is 1. The van der Waals surface area contributed by atoms with Gasteiger partial charge in [0.1, 0.15) is 11.5 Å². The SMILES string of the molecule is Oc1ccc(CNCC2CCCCC2)c(O)c1. The fourth-order valence-corrected chi connectivity index (χ4v) is 2.50. The first-order valence-electron chi connectivity index (χ1n) is 6.47. The summed E-state index contributed by atoms with van der Waals surface area (Å²) in [6, 6.07) is 4.76. The van der Waals surface area contributed by atoms with E-state index in [1.54, 1.807) is 12.1 Å². The van der Waals surface area contributed by atoms with E-state index in [1.165, 1.54) is 38.2 Å². The first kappa shape index (κ1) is 12.2. The highest BCUT2D eigenvalue weighted by molar-refractivity contribution is 5.38. The Morgan fingerprint density at radius 1 is 1.12 bits per heavy atom. The Hall–Kier alpha value is -1.22. The van der Waals surface area contributed by atoms with Gasteiger partial charge in [-0.2, -0.15) is 0 Å². The molecule has 1 aliphatic carbocycles. The van der Waals surface area contributed by atoms with Gasteiger partial charge < -0.3 is 15.5 Å². The number of phenols is 2. The molecular weight excluding hydrogens is 214 g/mol. The summed E-state index contributed by atoms with van der Waals surface area (Å²) < 4.78 is 0. The number of aromatic hydroxyl groups is 2. The predicted molar refractivity (Wildman–Crippen MR) is 68.1 cm³/mol. The maximum absolute atomic E-state index is 9.63. The minimum absolute atomic E-state index is 0.110. The van der Waals surface area contributed by atoms with Crippen molar-refractivity contribution in [1.29, 1.82) is 0 Å². The summed E-state index contributed by atoms with van der Waals surface area (Å²) in [5.41, 5.74) is 0.846. The van der Waals surface area contributed by atoms with Gasteiger partial charge >= 0.3 is 0 Å². The van der Waals surface area contributed by atoms with Gasteiger partial charge in [-0.1, -0.05) is 25.3 Å². The summed E-state index contributed by atoms with van der Waals surface area (Å²) in [4.78, 5) is 0. The molecule has 0 bridgehead atoms. The van der Waals surface area contributed by atoms with Crippen molar-refractivity contribution in [3.8, 4) is 11.5 Å². The van der Waals surface area contributed by atoms with Gasteiger partial charge in [-0.3, -0.25) is 0 Å². The molecule has 0 radical (unpaired) electrons. The van der Waals surface area contributed by atoms with Gasteiger partial charge in [0, 0.05) is 18.2 Å². The summed E-state index contributed by atoms with van der Waals surface area (Å²) in [5, 5.41) is 22.2. The van der Waals surface area contributed by atoms with Crippen molar-refractivity contribution in [2.45, 2.75) is 38.6 Å². The van der Waals surface area contributed by atoms with Gasteiger partial charge in [-0.15, -0.1) is 0 Å². The van der Waals surface area contributed by atoms with Crippen LogP contribution in [0.25, 0.3) is 0 Å². The standard InChI is InChI=1S/C14H21NO2/c16-13-7-6-12(14(17)8-13)10-15-9-11-4-2-1-3-5-11/h6-8,11,15-17H,1-5,9-10H2. The summed E-state index contributed by atoms with van der Waals surface area (Å²) in [7, 11) is 0. The predicted octanol–water partition coefficient (Wildman–Crippen LogP) is 2.77. The Kier molecular flexibility index (Phi) is 4.26. The van der Waals surface area contributed by atoms with E-state index in [0.717, 1.165) is 18.0 Å². The van der Waals surface area contributed by atoms with Gasteiger partial charge in [0.15, 0.2) is 0 Å². The molecule has 0 atom stereocenters. The molecule has 1 aromatic rings. The fourth-order valence-electron chi connectivity index (χ4n) is 2.50. The summed E-state index contributed by atoms with van der Waals surface area (Å²) >= 11 is 0. The van der Waals surface area contributed by atoms with Crippen molar-refractivity contribution < 1.29 is 10.2 Å². The van der Waals surface area contributed by atoms with Gasteiger partial charge in [0.05, 0.1) is 0 Å². The van der Waals surface area contributed by atoms with E-state index in [-0.39, 0.29) is 11.5 Å². The molecule has 1 aromatic carbocycles. The molecule has 3 nitrogen and oxygen atoms in total. The van der Waals surface area contributed by atoms with Crippen LogP contribution in [-0.2, 0) is 6.54 Å². The van der Waals surface area contributed by atoms with E-state index >= 15 is 0 Å². The van der Waals surface area contributed by atoms with Crippen molar-refractivity contribution in [3.63, 3.8) is 0 Å². The van der Waals surface area contributed by atoms with Crippen LogP contribution in [0, 0.1) is 5.92 Å². The molecule has 0 unspecified atom stereocenters. The van der Waals surface area contributed by atoms with Crippen molar-refractivity contribution >= 4 is 0 Å². The number of hydrogen-bond donors (Lipinski definition) is 3. The average molecular weight is 235 g/mol. The molecule has 3 N–H and O–H groups in total. The Morgan fingerprint density at radius 2 is 1.88 bits per heavy atom. The van der Waals surface area contributed by atoms with Crippen LogP contribution in [0.4, 0.5) is 0 Å². The van der Waals surface area contributed by atoms with Gasteiger partial charge in [0.25, 0.3) is 0 Å². The molecule has 3 heteroatoms. The second-order valence-electron chi connectivity index (χ2n) is 4.95. The normalized spacial score (nSPS) is 17.2. The topological polar surface area (TPSA) is 52.5 Å². The third-order valence-electron chi connectivity index (χ3n) is 3.54. The smallest absolute Gasteiger partial charge is 0.123 e. The van der Waals surface area contributed by atoms with Crippen LogP contribution in [0.3, 0.4) is 0 Å². The molecular formula is C14H21NO2. The maximum Gasteiger partial charge on any atom is 0.123 e. The Morgan fingerprint density at radius 3 is 2.59 bits per heavy atom. The van der Waals surface area contributed by atoms with Crippen LogP contribution in [-0.4, -0.2) is 16.8 Å². The van der Waals surface area contributed by atoms with E-state index in [1.807, 2.05) is 0 Å². The van der Waals surface area contributed by atoms with E-state index in [9.17, 15) is 10.2 Å².